The van der Waals surface area contributed by atoms with E-state index in [1.54, 1.807) is 21.0 Å². The lowest BCUT2D eigenvalue weighted by molar-refractivity contribution is -0.162. The fraction of sp³-hybridized carbons (Fsp3) is 0.467. The second-order valence-electron chi connectivity index (χ2n) is 5.39. The number of ether oxygens (including phenoxy) is 3. The number of carbonyl (C=O) groups is 1. The van der Waals surface area contributed by atoms with Gasteiger partial charge in [0.25, 0.3) is 0 Å². The number of para-hydroxylation sites is 1. The molecule has 3 atom stereocenters. The summed E-state index contributed by atoms with van der Waals surface area (Å²) < 4.78 is 16.7. The molecule has 0 radical (unpaired) electrons. The third-order valence-corrected chi connectivity index (χ3v) is 4.21. The Hall–Kier alpha value is -2.02. The Labute approximate surface area is 134 Å². The zero-order valence-corrected chi connectivity index (χ0v) is 13.5. The largest absolute Gasteiger partial charge is 0.493 e. The first-order valence-electron chi connectivity index (χ1n) is 7.11. The third-order valence-electron chi connectivity index (χ3n) is 3.99. The zero-order chi connectivity index (χ0) is 15.9. The maximum Gasteiger partial charge on any atom is 0.317 e. The molecule has 0 amide bonds. The highest BCUT2D eigenvalue weighted by molar-refractivity contribution is 7.80. The molecule has 7 heteroatoms. The Bertz CT molecular complexity index is 636. The molecule has 2 bridgehead atoms. The van der Waals surface area contributed by atoms with Gasteiger partial charge in [-0.2, -0.15) is 0 Å². The van der Waals surface area contributed by atoms with Crippen molar-refractivity contribution in [3.05, 3.63) is 23.8 Å². The second kappa shape index (κ2) is 5.31. The van der Waals surface area contributed by atoms with Crippen molar-refractivity contribution >= 4 is 23.3 Å². The van der Waals surface area contributed by atoms with Gasteiger partial charge in [-0.25, -0.2) is 0 Å². The molecule has 2 N–H and O–H groups in total. The first kappa shape index (κ1) is 14.9. The predicted molar refractivity (Wildman–Crippen MR) is 83.8 cm³/mol. The Morgan fingerprint density at radius 1 is 1.50 bits per heavy atom. The van der Waals surface area contributed by atoms with Crippen LogP contribution < -0.4 is 20.1 Å². The molecule has 0 saturated carbocycles. The van der Waals surface area contributed by atoms with E-state index in [4.69, 9.17) is 26.4 Å². The van der Waals surface area contributed by atoms with Crippen LogP contribution in [-0.2, 0) is 9.53 Å². The number of carbonyl (C=O) groups excluding carboxylic acids is 1. The number of esters is 1. The van der Waals surface area contributed by atoms with E-state index >= 15 is 0 Å². The number of rotatable bonds is 3. The second-order valence-corrected chi connectivity index (χ2v) is 5.80. The predicted octanol–water partition coefficient (Wildman–Crippen LogP) is 1.50. The van der Waals surface area contributed by atoms with E-state index in [0.717, 1.165) is 5.56 Å². The molecular weight excluding hydrogens is 304 g/mol. The first-order chi connectivity index (χ1) is 10.5. The SMILES string of the molecule is CCOC(=O)[C@@H]1[C@H]2NC(=S)N[C@@]1(C)Oc1c(OC)cccc12. The number of benzene rings is 1. The van der Waals surface area contributed by atoms with Crippen molar-refractivity contribution in [3.8, 4) is 11.5 Å². The summed E-state index contributed by atoms with van der Waals surface area (Å²) in [6, 6.07) is 5.26. The van der Waals surface area contributed by atoms with Gasteiger partial charge in [-0.3, -0.25) is 4.79 Å². The molecule has 0 aliphatic carbocycles. The standard InChI is InChI=1S/C15H18N2O4S/c1-4-20-13(18)10-11-8-6-5-7-9(19-3)12(8)21-15(10,2)17-14(22)16-11/h5-7,10-11H,4H2,1-3H3,(H2,16,17,22)/t10-,11-,15-/m0/s1. The van der Waals surface area contributed by atoms with Gasteiger partial charge in [-0.15, -0.1) is 0 Å². The van der Waals surface area contributed by atoms with Crippen LogP contribution in [0.4, 0.5) is 0 Å². The summed E-state index contributed by atoms with van der Waals surface area (Å²) in [5, 5.41) is 6.65. The molecule has 1 aromatic carbocycles. The maximum atomic E-state index is 12.4. The van der Waals surface area contributed by atoms with E-state index in [-0.39, 0.29) is 12.0 Å². The number of nitrogens with one attached hydrogen (secondary N) is 2. The van der Waals surface area contributed by atoms with E-state index in [1.807, 2.05) is 18.2 Å². The number of hydrogen-bond donors (Lipinski definition) is 2. The molecule has 22 heavy (non-hydrogen) atoms. The fourth-order valence-electron chi connectivity index (χ4n) is 3.08. The summed E-state index contributed by atoms with van der Waals surface area (Å²) in [6.45, 7) is 3.89. The van der Waals surface area contributed by atoms with Crippen molar-refractivity contribution in [2.45, 2.75) is 25.6 Å². The third kappa shape index (κ3) is 2.16. The number of methoxy groups -OCH3 is 1. The van der Waals surface area contributed by atoms with Crippen molar-refractivity contribution in [3.63, 3.8) is 0 Å². The van der Waals surface area contributed by atoms with Gasteiger partial charge in [-0.05, 0) is 32.1 Å². The van der Waals surface area contributed by atoms with Gasteiger partial charge in [0.2, 0.25) is 0 Å². The molecule has 1 fully saturated rings. The molecule has 3 rings (SSSR count). The van der Waals surface area contributed by atoms with Gasteiger partial charge in [0.1, 0.15) is 5.92 Å². The Balaban J connectivity index is 2.12. The molecule has 0 unspecified atom stereocenters. The number of thiocarbonyl (C=S) groups is 1. The molecule has 1 saturated heterocycles. The van der Waals surface area contributed by atoms with Gasteiger partial charge in [0, 0.05) is 5.56 Å². The normalized spacial score (nSPS) is 28.6. The minimum Gasteiger partial charge on any atom is -0.493 e. The highest BCUT2D eigenvalue weighted by Gasteiger charge is 2.56. The number of hydrogen-bond acceptors (Lipinski definition) is 5. The van der Waals surface area contributed by atoms with Crippen molar-refractivity contribution in [2.24, 2.45) is 5.92 Å². The average Bonchev–Trinajstić information content (AvgIpc) is 2.45. The maximum absolute atomic E-state index is 12.4. The molecule has 6 nitrogen and oxygen atoms in total. The molecule has 0 spiro atoms. The highest BCUT2D eigenvalue weighted by Crippen LogP contribution is 2.48. The average molecular weight is 322 g/mol. The topological polar surface area (TPSA) is 68.8 Å². The highest BCUT2D eigenvalue weighted by atomic mass is 32.1. The van der Waals surface area contributed by atoms with Gasteiger partial charge < -0.3 is 24.8 Å². The summed E-state index contributed by atoms with van der Waals surface area (Å²) in [7, 11) is 1.58. The Morgan fingerprint density at radius 3 is 2.95 bits per heavy atom. The monoisotopic (exact) mass is 322 g/mol. The van der Waals surface area contributed by atoms with E-state index < -0.39 is 11.6 Å². The summed E-state index contributed by atoms with van der Waals surface area (Å²) in [5.74, 6) is 0.345. The van der Waals surface area contributed by atoms with Crippen molar-refractivity contribution in [1.29, 1.82) is 0 Å². The van der Waals surface area contributed by atoms with Crippen LogP contribution in [-0.4, -0.2) is 30.5 Å². The first-order valence-corrected chi connectivity index (χ1v) is 7.52. The van der Waals surface area contributed by atoms with Crippen LogP contribution in [0, 0.1) is 5.92 Å². The molecule has 2 aliphatic rings. The lowest BCUT2D eigenvalue weighted by Crippen LogP contribution is -2.70. The fourth-order valence-corrected chi connectivity index (χ4v) is 3.41. The summed E-state index contributed by atoms with van der Waals surface area (Å²) in [4.78, 5) is 12.4. The summed E-state index contributed by atoms with van der Waals surface area (Å²) >= 11 is 5.24. The zero-order valence-electron chi connectivity index (χ0n) is 12.6. The van der Waals surface area contributed by atoms with Gasteiger partial charge in [-0.1, -0.05) is 12.1 Å². The van der Waals surface area contributed by atoms with Crippen LogP contribution in [0.25, 0.3) is 0 Å². The molecule has 2 heterocycles. The number of fused-ring (bicyclic) bond motifs is 4. The molecule has 1 aromatic rings. The molecule has 2 aliphatic heterocycles. The van der Waals surface area contributed by atoms with Crippen molar-refractivity contribution in [1.82, 2.24) is 10.6 Å². The van der Waals surface area contributed by atoms with Crippen LogP contribution in [0.3, 0.4) is 0 Å². The van der Waals surface area contributed by atoms with Gasteiger partial charge in [0.15, 0.2) is 22.3 Å². The van der Waals surface area contributed by atoms with Crippen LogP contribution in [0.5, 0.6) is 11.5 Å². The summed E-state index contributed by atoms with van der Waals surface area (Å²) in [5.41, 5.74) is -0.153. The Morgan fingerprint density at radius 2 is 2.27 bits per heavy atom. The van der Waals surface area contributed by atoms with Crippen LogP contribution >= 0.6 is 12.2 Å². The summed E-state index contributed by atoms with van der Waals surface area (Å²) in [6.07, 6.45) is 0. The van der Waals surface area contributed by atoms with Gasteiger partial charge in [0.05, 0.1) is 19.8 Å². The van der Waals surface area contributed by atoms with Crippen molar-refractivity contribution in [2.75, 3.05) is 13.7 Å². The minimum atomic E-state index is -0.985. The molecule has 118 valence electrons. The van der Waals surface area contributed by atoms with E-state index in [2.05, 4.69) is 10.6 Å². The van der Waals surface area contributed by atoms with Crippen LogP contribution in [0.2, 0.25) is 0 Å². The van der Waals surface area contributed by atoms with Crippen molar-refractivity contribution < 1.29 is 19.0 Å². The van der Waals surface area contributed by atoms with Crippen LogP contribution in [0.1, 0.15) is 25.5 Å². The van der Waals surface area contributed by atoms with E-state index in [9.17, 15) is 4.79 Å². The van der Waals surface area contributed by atoms with Crippen LogP contribution in [0.15, 0.2) is 18.2 Å². The smallest absolute Gasteiger partial charge is 0.317 e. The molecule has 0 aromatic heterocycles. The quantitative estimate of drug-likeness (QED) is 0.645. The van der Waals surface area contributed by atoms with E-state index in [0.29, 0.717) is 23.2 Å². The Kier molecular flexibility index (Phi) is 3.60. The molecular formula is C15H18N2O4S. The lowest BCUT2D eigenvalue weighted by atomic mass is 9.80. The van der Waals surface area contributed by atoms with Gasteiger partial charge >= 0.3 is 5.97 Å². The lowest BCUT2D eigenvalue weighted by Gasteiger charge is -2.50. The van der Waals surface area contributed by atoms with E-state index in [1.165, 1.54) is 0 Å². The minimum absolute atomic E-state index is 0.313.